The van der Waals surface area contributed by atoms with Crippen molar-refractivity contribution >= 4 is 34.8 Å². The van der Waals surface area contributed by atoms with Gasteiger partial charge < -0.3 is 23.7 Å². The summed E-state index contributed by atoms with van der Waals surface area (Å²) >= 11 is 18.5. The van der Waals surface area contributed by atoms with E-state index < -0.39 is 18.4 Å². The van der Waals surface area contributed by atoms with Crippen LogP contribution >= 0.6 is 34.8 Å². The van der Waals surface area contributed by atoms with E-state index in [0.29, 0.717) is 0 Å². The first kappa shape index (κ1) is 28.4. The highest BCUT2D eigenvalue weighted by atomic mass is 35.5. The van der Waals surface area contributed by atoms with Gasteiger partial charge in [0.1, 0.15) is 29.5 Å². The fourth-order valence-electron chi connectivity index (χ4n) is 3.42. The number of alkyl halides is 1. The number of halogens is 4. The molecule has 9 heteroatoms. The first-order valence-electron chi connectivity index (χ1n) is 11.2. The van der Waals surface area contributed by atoms with Gasteiger partial charge in [-0.25, -0.2) is 4.39 Å². The first-order valence-corrected chi connectivity index (χ1v) is 12.3. The van der Waals surface area contributed by atoms with E-state index in [-0.39, 0.29) is 40.6 Å². The van der Waals surface area contributed by atoms with Gasteiger partial charge in [0.25, 0.3) is 0 Å². The van der Waals surface area contributed by atoms with Gasteiger partial charge in [0, 0.05) is 6.07 Å². The lowest BCUT2D eigenvalue weighted by Gasteiger charge is -2.29. The molecule has 3 aromatic rings. The molecule has 0 N–H and O–H groups in total. The summed E-state index contributed by atoms with van der Waals surface area (Å²) in [7, 11) is 3.19. The molecule has 3 rings (SSSR count). The molecular formula is C27H28Cl3FO5. The van der Waals surface area contributed by atoms with Crippen LogP contribution in [0.4, 0.5) is 4.39 Å². The summed E-state index contributed by atoms with van der Waals surface area (Å²) in [6, 6.07) is 17.8. The van der Waals surface area contributed by atoms with E-state index in [2.05, 4.69) is 0 Å². The summed E-state index contributed by atoms with van der Waals surface area (Å²) in [5, 5.41) is 0.787. The number of benzene rings is 3. The Morgan fingerprint density at radius 2 is 1.28 bits per heavy atom. The van der Waals surface area contributed by atoms with Crippen molar-refractivity contribution in [3.05, 3.63) is 86.9 Å². The second kappa shape index (κ2) is 13.9. The van der Waals surface area contributed by atoms with Crippen LogP contribution in [-0.4, -0.2) is 39.2 Å². The van der Waals surface area contributed by atoms with Gasteiger partial charge in [0.05, 0.1) is 49.1 Å². The van der Waals surface area contributed by atoms with Crippen LogP contribution in [0.15, 0.2) is 60.7 Å². The standard InChI is InChI=1S/C27H28Cl3FO5/c1-17(31)27(35-15-19-6-10-21(33-3)11-7-19)26(36-25-13-23(29)22(28)12-24(25)30)16-34-14-18-4-8-20(32-2)9-5-18/h4-13,17,26-27H,14-16H2,1-3H3/t17-,26-,27+/m1/s1. The van der Waals surface area contributed by atoms with Crippen molar-refractivity contribution in [2.24, 2.45) is 0 Å². The topological polar surface area (TPSA) is 46.2 Å². The summed E-state index contributed by atoms with van der Waals surface area (Å²) in [5.74, 6) is 1.71. The number of methoxy groups -OCH3 is 2. The summed E-state index contributed by atoms with van der Waals surface area (Å²) in [5.41, 5.74) is 1.78. The third-order valence-corrected chi connectivity index (χ3v) is 6.40. The van der Waals surface area contributed by atoms with Crippen molar-refractivity contribution in [1.29, 1.82) is 0 Å². The zero-order valence-corrected chi connectivity index (χ0v) is 22.4. The molecule has 3 aromatic carbocycles. The van der Waals surface area contributed by atoms with E-state index in [1.807, 2.05) is 48.5 Å². The number of hydrogen-bond acceptors (Lipinski definition) is 5. The summed E-state index contributed by atoms with van der Waals surface area (Å²) in [6.07, 6.45) is -3.18. The Labute approximate surface area is 225 Å². The molecule has 36 heavy (non-hydrogen) atoms. The highest BCUT2D eigenvalue weighted by Crippen LogP contribution is 2.35. The molecular weight excluding hydrogens is 530 g/mol. The zero-order chi connectivity index (χ0) is 26.1. The van der Waals surface area contributed by atoms with E-state index in [4.69, 9.17) is 58.5 Å². The summed E-state index contributed by atoms with van der Waals surface area (Å²) < 4.78 is 43.2. The number of rotatable bonds is 13. The molecule has 0 saturated carbocycles. The Morgan fingerprint density at radius 1 is 0.750 bits per heavy atom. The van der Waals surface area contributed by atoms with E-state index in [1.165, 1.54) is 19.1 Å². The molecule has 0 amide bonds. The van der Waals surface area contributed by atoms with Gasteiger partial charge >= 0.3 is 0 Å². The Morgan fingerprint density at radius 3 is 1.81 bits per heavy atom. The van der Waals surface area contributed by atoms with Gasteiger partial charge in [-0.1, -0.05) is 59.1 Å². The minimum atomic E-state index is -1.38. The van der Waals surface area contributed by atoms with Gasteiger partial charge in [-0.2, -0.15) is 0 Å². The van der Waals surface area contributed by atoms with Crippen molar-refractivity contribution in [2.45, 2.75) is 38.5 Å². The SMILES string of the molecule is COc1ccc(COC[C@@H](Oc2cc(Cl)c(Cl)cc2Cl)[C@@H](OCc2ccc(OC)cc2)[C@@H](C)F)cc1. The highest BCUT2D eigenvalue weighted by Gasteiger charge is 2.31. The maximum Gasteiger partial charge on any atom is 0.151 e. The fourth-order valence-corrected chi connectivity index (χ4v) is 4.00. The first-order chi connectivity index (χ1) is 17.3. The quantitative estimate of drug-likeness (QED) is 0.203. The lowest BCUT2D eigenvalue weighted by Crippen LogP contribution is -2.43. The Hall–Kier alpha value is -2.22. The third kappa shape index (κ3) is 8.15. The minimum Gasteiger partial charge on any atom is -0.497 e. The zero-order valence-electron chi connectivity index (χ0n) is 20.2. The Balaban J connectivity index is 1.76. The van der Waals surface area contributed by atoms with Crippen molar-refractivity contribution in [3.8, 4) is 17.2 Å². The van der Waals surface area contributed by atoms with E-state index >= 15 is 0 Å². The van der Waals surface area contributed by atoms with Crippen molar-refractivity contribution in [3.63, 3.8) is 0 Å². The third-order valence-electron chi connectivity index (χ3n) is 5.38. The van der Waals surface area contributed by atoms with Crippen molar-refractivity contribution in [2.75, 3.05) is 20.8 Å². The van der Waals surface area contributed by atoms with Gasteiger partial charge in [-0.15, -0.1) is 0 Å². The molecule has 0 radical (unpaired) electrons. The average Bonchev–Trinajstić information content (AvgIpc) is 2.87. The molecule has 0 bridgehead atoms. The van der Waals surface area contributed by atoms with Crippen LogP contribution in [0.3, 0.4) is 0 Å². The molecule has 3 atom stereocenters. The van der Waals surface area contributed by atoms with E-state index in [0.717, 1.165) is 22.6 Å². The predicted molar refractivity (Wildman–Crippen MR) is 141 cm³/mol. The second-order valence-corrected chi connectivity index (χ2v) is 9.24. The predicted octanol–water partition coefficient (Wildman–Crippen LogP) is 7.57. The van der Waals surface area contributed by atoms with Crippen LogP contribution in [0.5, 0.6) is 17.2 Å². The highest BCUT2D eigenvalue weighted by molar-refractivity contribution is 6.43. The number of hydrogen-bond donors (Lipinski definition) is 0. The van der Waals surface area contributed by atoms with Crippen molar-refractivity contribution in [1.82, 2.24) is 0 Å². The lowest BCUT2D eigenvalue weighted by atomic mass is 10.1. The maximum atomic E-state index is 14.8. The summed E-state index contributed by atoms with van der Waals surface area (Å²) in [6.45, 7) is 1.89. The summed E-state index contributed by atoms with van der Waals surface area (Å²) in [4.78, 5) is 0. The van der Waals surface area contributed by atoms with Gasteiger partial charge in [-0.05, 0) is 48.4 Å². The molecule has 0 spiro atoms. The smallest absolute Gasteiger partial charge is 0.151 e. The molecule has 0 aliphatic heterocycles. The largest absolute Gasteiger partial charge is 0.497 e. The van der Waals surface area contributed by atoms with Gasteiger partial charge in [-0.3, -0.25) is 0 Å². The van der Waals surface area contributed by atoms with Crippen molar-refractivity contribution < 1.29 is 28.1 Å². The monoisotopic (exact) mass is 556 g/mol. The van der Waals surface area contributed by atoms with Crippen LogP contribution in [0.1, 0.15) is 18.1 Å². The molecule has 0 saturated heterocycles. The fraction of sp³-hybridized carbons (Fsp3) is 0.333. The van der Waals surface area contributed by atoms with Crippen LogP contribution in [0.2, 0.25) is 15.1 Å². The lowest BCUT2D eigenvalue weighted by molar-refractivity contribution is -0.0965. The molecule has 0 aliphatic rings. The van der Waals surface area contributed by atoms with Crippen LogP contribution in [-0.2, 0) is 22.7 Å². The Kier molecular flexibility index (Phi) is 11.0. The normalized spacial score (nSPS) is 13.6. The van der Waals surface area contributed by atoms with Crippen LogP contribution < -0.4 is 14.2 Å². The minimum absolute atomic E-state index is 0.0319. The molecule has 0 aliphatic carbocycles. The van der Waals surface area contributed by atoms with Crippen LogP contribution in [0, 0.1) is 0 Å². The van der Waals surface area contributed by atoms with Crippen LogP contribution in [0.25, 0.3) is 0 Å². The second-order valence-electron chi connectivity index (χ2n) is 8.02. The molecule has 0 heterocycles. The molecule has 0 aromatic heterocycles. The molecule has 194 valence electrons. The van der Waals surface area contributed by atoms with Gasteiger partial charge in [0.2, 0.25) is 0 Å². The average molecular weight is 558 g/mol. The molecule has 0 unspecified atom stereocenters. The maximum absolute atomic E-state index is 14.8. The Bertz CT molecular complexity index is 1090. The molecule has 0 fully saturated rings. The van der Waals surface area contributed by atoms with E-state index in [1.54, 1.807) is 14.2 Å². The van der Waals surface area contributed by atoms with Gasteiger partial charge in [0.15, 0.2) is 6.10 Å². The van der Waals surface area contributed by atoms with E-state index in [9.17, 15) is 4.39 Å². The number of ether oxygens (including phenoxy) is 5. The molecule has 5 nitrogen and oxygen atoms in total.